The molecule has 0 aliphatic heterocycles. The number of H-pyrrole nitrogens is 1. The zero-order valence-electron chi connectivity index (χ0n) is 4.90. The Morgan fingerprint density at radius 1 is 1.78 bits per heavy atom. The highest BCUT2D eigenvalue weighted by atomic mass is 19.1. The Labute approximate surface area is 51.9 Å². The molecule has 1 N–H and O–H groups in total. The predicted molar refractivity (Wildman–Crippen MR) is 30.2 cm³/mol. The average molecular weight is 124 g/mol. The summed E-state index contributed by atoms with van der Waals surface area (Å²) in [5.74, 6) is -0.477. The van der Waals surface area contributed by atoms with E-state index in [1.54, 1.807) is 13.0 Å². The van der Waals surface area contributed by atoms with Crippen LogP contribution in [0, 0.1) is 24.1 Å². The van der Waals surface area contributed by atoms with Crippen LogP contribution in [0.5, 0.6) is 0 Å². The van der Waals surface area contributed by atoms with Crippen LogP contribution in [0.3, 0.4) is 0 Å². The molecule has 0 amide bonds. The topological polar surface area (TPSA) is 39.6 Å². The van der Waals surface area contributed by atoms with Gasteiger partial charge in [-0.2, -0.15) is 5.26 Å². The standard InChI is InChI=1S/C6H5FN2/c1-4-2-5(7)6(3-8)9-4/h2,9H,1H3. The molecular weight excluding hydrogens is 119 g/mol. The summed E-state index contributed by atoms with van der Waals surface area (Å²) in [7, 11) is 0. The van der Waals surface area contributed by atoms with Crippen LogP contribution >= 0.6 is 0 Å². The Balaban J connectivity index is 3.20. The Kier molecular flexibility index (Phi) is 1.23. The van der Waals surface area contributed by atoms with E-state index in [2.05, 4.69) is 4.98 Å². The second-order valence-corrected chi connectivity index (χ2v) is 1.79. The summed E-state index contributed by atoms with van der Waals surface area (Å²) in [6, 6.07) is 2.98. The molecule has 0 unspecified atom stereocenters. The highest BCUT2D eigenvalue weighted by Crippen LogP contribution is 2.05. The van der Waals surface area contributed by atoms with Gasteiger partial charge in [0.1, 0.15) is 6.07 Å². The molecule has 1 aromatic rings. The van der Waals surface area contributed by atoms with Crippen LogP contribution in [0.25, 0.3) is 0 Å². The molecular formula is C6H5FN2. The van der Waals surface area contributed by atoms with Crippen molar-refractivity contribution < 1.29 is 4.39 Å². The number of halogens is 1. The molecule has 0 radical (unpaired) electrons. The third-order valence-electron chi connectivity index (χ3n) is 1.02. The SMILES string of the molecule is Cc1cc(F)c(C#N)[nH]1. The Morgan fingerprint density at radius 2 is 2.44 bits per heavy atom. The Hall–Kier alpha value is -1.30. The van der Waals surface area contributed by atoms with Crippen molar-refractivity contribution in [2.24, 2.45) is 0 Å². The van der Waals surface area contributed by atoms with Gasteiger partial charge in [0.2, 0.25) is 0 Å². The summed E-state index contributed by atoms with van der Waals surface area (Å²) in [6.45, 7) is 1.70. The Morgan fingerprint density at radius 3 is 2.67 bits per heavy atom. The molecule has 1 rings (SSSR count). The number of rotatable bonds is 0. The maximum atomic E-state index is 12.4. The van der Waals surface area contributed by atoms with Gasteiger partial charge in [0, 0.05) is 5.69 Å². The van der Waals surface area contributed by atoms with Crippen molar-refractivity contribution >= 4 is 0 Å². The zero-order valence-corrected chi connectivity index (χ0v) is 4.90. The fourth-order valence-corrected chi connectivity index (χ4v) is 0.637. The number of aromatic nitrogens is 1. The van der Waals surface area contributed by atoms with E-state index in [-0.39, 0.29) is 5.69 Å². The minimum absolute atomic E-state index is 0.00694. The first kappa shape index (κ1) is 5.83. The molecule has 0 atom stereocenters. The van der Waals surface area contributed by atoms with E-state index in [9.17, 15) is 4.39 Å². The van der Waals surface area contributed by atoms with E-state index in [4.69, 9.17) is 5.26 Å². The summed E-state index contributed by atoms with van der Waals surface area (Å²) < 4.78 is 12.4. The number of aryl methyl sites for hydroxylation is 1. The number of nitrogens with one attached hydrogen (secondary N) is 1. The van der Waals surface area contributed by atoms with Gasteiger partial charge >= 0.3 is 0 Å². The number of nitrogens with zero attached hydrogens (tertiary/aromatic N) is 1. The first-order valence-electron chi connectivity index (χ1n) is 2.49. The molecule has 9 heavy (non-hydrogen) atoms. The summed E-state index contributed by atoms with van der Waals surface area (Å²) in [5.41, 5.74) is 0.677. The van der Waals surface area contributed by atoms with Crippen LogP contribution in [0.4, 0.5) is 4.39 Å². The van der Waals surface area contributed by atoms with Gasteiger partial charge in [0.25, 0.3) is 0 Å². The van der Waals surface area contributed by atoms with Gasteiger partial charge in [0.05, 0.1) is 0 Å². The summed E-state index contributed by atoms with van der Waals surface area (Å²) >= 11 is 0. The summed E-state index contributed by atoms with van der Waals surface area (Å²) in [5, 5.41) is 8.21. The minimum Gasteiger partial charge on any atom is -0.348 e. The van der Waals surface area contributed by atoms with E-state index in [0.29, 0.717) is 5.69 Å². The van der Waals surface area contributed by atoms with E-state index >= 15 is 0 Å². The molecule has 46 valence electrons. The van der Waals surface area contributed by atoms with Crippen LogP contribution in [-0.2, 0) is 0 Å². The van der Waals surface area contributed by atoms with Gasteiger partial charge in [-0.05, 0) is 13.0 Å². The highest BCUT2D eigenvalue weighted by Gasteiger charge is 2.01. The van der Waals surface area contributed by atoms with Crippen molar-refractivity contribution in [3.63, 3.8) is 0 Å². The third-order valence-corrected chi connectivity index (χ3v) is 1.02. The molecule has 0 aliphatic rings. The third kappa shape index (κ3) is 0.918. The predicted octanol–water partition coefficient (Wildman–Crippen LogP) is 1.33. The lowest BCUT2D eigenvalue weighted by Gasteiger charge is -1.76. The fraction of sp³-hybridized carbons (Fsp3) is 0.167. The molecule has 0 bridgehead atoms. The van der Waals surface area contributed by atoms with Gasteiger partial charge in [-0.15, -0.1) is 0 Å². The summed E-state index contributed by atoms with van der Waals surface area (Å²) in [6.07, 6.45) is 0. The molecule has 0 aromatic carbocycles. The smallest absolute Gasteiger partial charge is 0.159 e. The molecule has 3 heteroatoms. The second kappa shape index (κ2) is 1.90. The van der Waals surface area contributed by atoms with Crippen molar-refractivity contribution in [3.05, 3.63) is 23.3 Å². The molecule has 0 fully saturated rings. The molecule has 1 heterocycles. The van der Waals surface area contributed by atoms with Crippen LogP contribution in [0.15, 0.2) is 6.07 Å². The van der Waals surface area contributed by atoms with Crippen LogP contribution < -0.4 is 0 Å². The van der Waals surface area contributed by atoms with Crippen molar-refractivity contribution in [2.45, 2.75) is 6.92 Å². The second-order valence-electron chi connectivity index (χ2n) is 1.79. The van der Waals surface area contributed by atoms with Crippen LogP contribution in [0.1, 0.15) is 11.4 Å². The average Bonchev–Trinajstić information content (AvgIpc) is 2.10. The first-order valence-corrected chi connectivity index (χ1v) is 2.49. The number of hydrogen-bond donors (Lipinski definition) is 1. The van der Waals surface area contributed by atoms with E-state index in [1.807, 2.05) is 0 Å². The maximum Gasteiger partial charge on any atom is 0.159 e. The zero-order chi connectivity index (χ0) is 6.85. The number of hydrogen-bond acceptors (Lipinski definition) is 1. The van der Waals surface area contributed by atoms with Gasteiger partial charge in [0.15, 0.2) is 11.5 Å². The quantitative estimate of drug-likeness (QED) is 0.556. The first-order chi connectivity index (χ1) is 4.24. The molecule has 0 spiro atoms. The van der Waals surface area contributed by atoms with Crippen molar-refractivity contribution in [1.29, 1.82) is 5.26 Å². The van der Waals surface area contributed by atoms with Gasteiger partial charge in [-0.1, -0.05) is 0 Å². The largest absolute Gasteiger partial charge is 0.348 e. The van der Waals surface area contributed by atoms with Gasteiger partial charge in [-0.3, -0.25) is 0 Å². The van der Waals surface area contributed by atoms with E-state index in [1.165, 1.54) is 6.07 Å². The lowest BCUT2D eigenvalue weighted by molar-refractivity contribution is 0.625. The number of nitriles is 1. The lowest BCUT2D eigenvalue weighted by Crippen LogP contribution is -1.75. The normalized spacial score (nSPS) is 9.00. The minimum atomic E-state index is -0.477. The van der Waals surface area contributed by atoms with Crippen LogP contribution in [-0.4, -0.2) is 4.98 Å². The van der Waals surface area contributed by atoms with Crippen molar-refractivity contribution in [2.75, 3.05) is 0 Å². The molecule has 0 saturated heterocycles. The summed E-state index contributed by atoms with van der Waals surface area (Å²) in [4.78, 5) is 2.56. The molecule has 0 aliphatic carbocycles. The maximum absolute atomic E-state index is 12.4. The van der Waals surface area contributed by atoms with E-state index in [0.717, 1.165) is 0 Å². The van der Waals surface area contributed by atoms with Crippen molar-refractivity contribution in [1.82, 2.24) is 4.98 Å². The van der Waals surface area contributed by atoms with Gasteiger partial charge in [-0.25, -0.2) is 4.39 Å². The molecule has 2 nitrogen and oxygen atoms in total. The van der Waals surface area contributed by atoms with E-state index < -0.39 is 5.82 Å². The fourth-order valence-electron chi connectivity index (χ4n) is 0.637. The number of aromatic amines is 1. The van der Waals surface area contributed by atoms with Crippen LogP contribution in [0.2, 0.25) is 0 Å². The lowest BCUT2D eigenvalue weighted by atomic mass is 10.4. The van der Waals surface area contributed by atoms with Gasteiger partial charge < -0.3 is 4.98 Å². The van der Waals surface area contributed by atoms with Crippen molar-refractivity contribution in [3.8, 4) is 6.07 Å². The Bertz CT molecular complexity index is 257. The molecule has 1 aromatic heterocycles. The highest BCUT2D eigenvalue weighted by molar-refractivity contribution is 5.25. The molecule has 0 saturated carbocycles. The monoisotopic (exact) mass is 124 g/mol.